The first-order valence-corrected chi connectivity index (χ1v) is 18.3. The average Bonchev–Trinajstić information content (AvgIpc) is 3.00. The van der Waals surface area contributed by atoms with Crippen molar-refractivity contribution in [3.8, 4) is 0 Å². The number of carboxylic acids is 3. The van der Waals surface area contributed by atoms with Crippen molar-refractivity contribution in [3.63, 3.8) is 0 Å². The molecule has 0 aliphatic carbocycles. The highest BCUT2D eigenvalue weighted by atomic mass is 16.4. The van der Waals surface area contributed by atoms with Crippen molar-refractivity contribution in [2.75, 3.05) is 19.8 Å². The van der Waals surface area contributed by atoms with Gasteiger partial charge in [0, 0.05) is 39.1 Å². The Morgan fingerprint density at radius 1 is 0.244 bits per heavy atom. The van der Waals surface area contributed by atoms with Crippen LogP contribution in [-0.2, 0) is 14.4 Å². The van der Waals surface area contributed by atoms with Crippen LogP contribution in [0.25, 0.3) is 0 Å². The summed E-state index contributed by atoms with van der Waals surface area (Å²) in [7, 11) is 0. The van der Waals surface area contributed by atoms with Gasteiger partial charge in [0.05, 0.1) is 0 Å². The van der Waals surface area contributed by atoms with Gasteiger partial charge in [0.15, 0.2) is 0 Å². The van der Waals surface area contributed by atoms with E-state index in [2.05, 4.69) is 0 Å². The lowest BCUT2D eigenvalue weighted by Crippen LogP contribution is -1.94. The van der Waals surface area contributed by atoms with Gasteiger partial charge in [0.25, 0.3) is 0 Å². The van der Waals surface area contributed by atoms with E-state index >= 15 is 0 Å². The molecule has 6 N–H and O–H groups in total. The third-order valence-corrected chi connectivity index (χ3v) is 7.65. The number of aliphatic hydroxyl groups is 3. The van der Waals surface area contributed by atoms with Crippen molar-refractivity contribution in [2.45, 2.75) is 193 Å². The fourth-order valence-corrected chi connectivity index (χ4v) is 4.88. The quantitative estimate of drug-likeness (QED) is 0.0380. The Balaban J connectivity index is -0.000000589. The fraction of sp³-hybridized carbons (Fsp3) is 0.917. The van der Waals surface area contributed by atoms with Crippen molar-refractivity contribution < 1.29 is 45.0 Å². The number of carbonyl (C=O) groups is 3. The number of rotatable bonds is 33. The molecule has 0 saturated heterocycles. The molecule has 0 bridgehead atoms. The predicted molar refractivity (Wildman–Crippen MR) is 183 cm³/mol. The van der Waals surface area contributed by atoms with Crippen LogP contribution in [-0.4, -0.2) is 68.4 Å². The first-order chi connectivity index (χ1) is 21.8. The maximum Gasteiger partial charge on any atom is 0.303 e. The second-order valence-electron chi connectivity index (χ2n) is 12.1. The van der Waals surface area contributed by atoms with Crippen LogP contribution >= 0.6 is 0 Å². The largest absolute Gasteiger partial charge is 0.481 e. The monoisotopic (exact) mass is 649 g/mol. The van der Waals surface area contributed by atoms with Crippen LogP contribution in [0.2, 0.25) is 0 Å². The second-order valence-corrected chi connectivity index (χ2v) is 12.1. The summed E-state index contributed by atoms with van der Waals surface area (Å²) < 4.78 is 0. The molecule has 0 saturated carbocycles. The molecule has 0 aliphatic heterocycles. The minimum atomic E-state index is -0.714. The molecule has 0 amide bonds. The van der Waals surface area contributed by atoms with Gasteiger partial charge in [-0.2, -0.15) is 0 Å². The Morgan fingerprint density at radius 2 is 0.378 bits per heavy atom. The lowest BCUT2D eigenvalue weighted by molar-refractivity contribution is -0.138. The number of unbranched alkanes of at least 4 members (excludes halogenated alkanes) is 24. The van der Waals surface area contributed by atoms with Crippen LogP contribution in [0.15, 0.2) is 0 Å². The summed E-state index contributed by atoms with van der Waals surface area (Å²) in [4.78, 5) is 30.6. The third-order valence-electron chi connectivity index (χ3n) is 7.65. The van der Waals surface area contributed by atoms with Gasteiger partial charge in [-0.1, -0.05) is 135 Å². The van der Waals surface area contributed by atoms with E-state index in [0.29, 0.717) is 26.2 Å². The highest BCUT2D eigenvalue weighted by Gasteiger charge is 1.99. The number of hydrogen-bond acceptors (Lipinski definition) is 6. The fourth-order valence-electron chi connectivity index (χ4n) is 4.88. The Labute approximate surface area is 275 Å². The molecule has 0 aromatic carbocycles. The van der Waals surface area contributed by atoms with Crippen LogP contribution in [0.5, 0.6) is 0 Å². The zero-order chi connectivity index (χ0) is 34.1. The molecule has 0 spiro atoms. The Morgan fingerprint density at radius 3 is 0.511 bits per heavy atom. The lowest BCUT2D eigenvalue weighted by Gasteiger charge is -2.01. The van der Waals surface area contributed by atoms with E-state index in [1.54, 1.807) is 0 Å². The minimum Gasteiger partial charge on any atom is -0.481 e. The molecule has 0 aromatic rings. The second kappa shape index (κ2) is 44.4. The summed E-state index contributed by atoms with van der Waals surface area (Å²) in [6, 6.07) is 0. The molecule has 9 heteroatoms. The maximum atomic E-state index is 10.2. The van der Waals surface area contributed by atoms with Crippen molar-refractivity contribution in [1.29, 1.82) is 0 Å². The van der Waals surface area contributed by atoms with E-state index in [9.17, 15) is 14.4 Å². The summed E-state index contributed by atoms with van der Waals surface area (Å²) in [6.07, 6.45) is 31.0. The molecule has 0 aliphatic rings. The summed E-state index contributed by atoms with van der Waals surface area (Å²) in [6.45, 7) is 1.01. The predicted octanol–water partition coefficient (Wildman–Crippen LogP) is 8.89. The van der Waals surface area contributed by atoms with Gasteiger partial charge in [-0.25, -0.2) is 0 Å². The van der Waals surface area contributed by atoms with E-state index in [0.717, 1.165) is 96.3 Å². The number of carboxylic acid groups (broad SMARTS) is 3. The molecular formula is C36H72O9. The first kappa shape index (κ1) is 47.7. The SMILES string of the molecule is O=C(O)CCCCCCCCCCC(=O)O.O=C(O)CCCCCCCCCCCO.OCCCCCCCCCCCCO. The molecule has 0 heterocycles. The highest BCUT2D eigenvalue weighted by Crippen LogP contribution is 2.12. The van der Waals surface area contributed by atoms with Gasteiger partial charge in [0.1, 0.15) is 0 Å². The first-order valence-electron chi connectivity index (χ1n) is 18.3. The van der Waals surface area contributed by atoms with E-state index in [-0.39, 0.29) is 12.8 Å². The van der Waals surface area contributed by atoms with E-state index in [4.69, 9.17) is 30.6 Å². The summed E-state index contributed by atoms with van der Waals surface area (Å²) in [5.74, 6) is -2.11. The Kier molecular flexibility index (Phi) is 47.1. The van der Waals surface area contributed by atoms with Gasteiger partial charge in [-0.15, -0.1) is 0 Å². The molecule has 45 heavy (non-hydrogen) atoms. The van der Waals surface area contributed by atoms with Gasteiger partial charge in [0.2, 0.25) is 0 Å². The van der Waals surface area contributed by atoms with Crippen molar-refractivity contribution in [1.82, 2.24) is 0 Å². The molecule has 9 nitrogen and oxygen atoms in total. The lowest BCUT2D eigenvalue weighted by atomic mass is 10.1. The molecule has 0 radical (unpaired) electrons. The zero-order valence-electron chi connectivity index (χ0n) is 28.7. The molecule has 0 unspecified atom stereocenters. The highest BCUT2D eigenvalue weighted by molar-refractivity contribution is 5.67. The van der Waals surface area contributed by atoms with Crippen molar-refractivity contribution in [2.24, 2.45) is 0 Å². The normalized spacial score (nSPS) is 10.5. The Hall–Kier alpha value is -1.71. The van der Waals surface area contributed by atoms with Gasteiger partial charge in [-0.05, 0) is 38.5 Å². The molecule has 0 aromatic heterocycles. The van der Waals surface area contributed by atoms with Crippen LogP contribution in [0, 0.1) is 0 Å². The van der Waals surface area contributed by atoms with Crippen molar-refractivity contribution >= 4 is 17.9 Å². The van der Waals surface area contributed by atoms with Gasteiger partial charge < -0.3 is 30.6 Å². The van der Waals surface area contributed by atoms with E-state index in [1.165, 1.54) is 77.0 Å². The molecule has 270 valence electrons. The summed E-state index contributed by atoms with van der Waals surface area (Å²) in [5, 5.41) is 50.9. The smallest absolute Gasteiger partial charge is 0.303 e. The van der Waals surface area contributed by atoms with Crippen LogP contribution in [0.1, 0.15) is 193 Å². The molecule has 0 atom stereocenters. The summed E-state index contributed by atoms with van der Waals surface area (Å²) in [5.41, 5.74) is 0. The molecule has 0 fully saturated rings. The zero-order valence-corrected chi connectivity index (χ0v) is 28.7. The standard InChI is InChI=1S/C12H22O4.C12H24O3.C12H26O2/c13-11(14)9-7-5-3-1-2-4-6-8-10-12(15)16;13-11-9-7-5-3-1-2-4-6-8-10-12(14)15;13-11-9-7-5-3-1-2-4-6-8-10-12-14/h1-10H2,(H,13,14)(H,15,16);13H,1-11H2,(H,14,15);13-14H,1-12H2. The van der Waals surface area contributed by atoms with Crippen LogP contribution in [0.3, 0.4) is 0 Å². The summed E-state index contributed by atoms with van der Waals surface area (Å²) >= 11 is 0. The van der Waals surface area contributed by atoms with Crippen molar-refractivity contribution in [3.05, 3.63) is 0 Å². The van der Waals surface area contributed by atoms with Gasteiger partial charge in [-0.3, -0.25) is 14.4 Å². The van der Waals surface area contributed by atoms with E-state index < -0.39 is 17.9 Å². The maximum absolute atomic E-state index is 10.2. The molecule has 0 rings (SSSR count). The molecular weight excluding hydrogens is 576 g/mol. The number of aliphatic hydroxyl groups excluding tert-OH is 3. The van der Waals surface area contributed by atoms with E-state index in [1.807, 2.05) is 0 Å². The third kappa shape index (κ3) is 58.4. The number of hydrogen-bond donors (Lipinski definition) is 6. The average molecular weight is 649 g/mol. The Bertz CT molecular complexity index is 565. The van der Waals surface area contributed by atoms with Crippen LogP contribution in [0.4, 0.5) is 0 Å². The topological polar surface area (TPSA) is 173 Å². The number of aliphatic carboxylic acids is 3. The van der Waals surface area contributed by atoms with Gasteiger partial charge >= 0.3 is 17.9 Å². The minimum absolute atomic E-state index is 0.276. The van der Waals surface area contributed by atoms with Crippen LogP contribution < -0.4 is 0 Å².